The van der Waals surface area contributed by atoms with Crippen LogP contribution in [-0.4, -0.2) is 71.1 Å². The van der Waals surface area contributed by atoms with Gasteiger partial charge in [-0.3, -0.25) is 14.4 Å². The third-order valence-electron chi connectivity index (χ3n) is 9.06. The molecule has 4 rings (SSSR count). The number of anilines is 2. The van der Waals surface area contributed by atoms with E-state index >= 15 is 0 Å². The average molecular weight is 708 g/mol. The van der Waals surface area contributed by atoms with Crippen LogP contribution in [0.4, 0.5) is 11.4 Å². The van der Waals surface area contributed by atoms with Crippen molar-refractivity contribution in [3.63, 3.8) is 0 Å². The van der Waals surface area contributed by atoms with E-state index in [2.05, 4.69) is 16.0 Å². The summed E-state index contributed by atoms with van der Waals surface area (Å²) in [4.78, 5) is 51.9. The number of amides is 3. The maximum Gasteiger partial charge on any atom is 0.328 e. The third kappa shape index (κ3) is 10.7. The lowest BCUT2D eigenvalue weighted by molar-refractivity contribution is -0.156. The fourth-order valence-electron chi connectivity index (χ4n) is 6.04. The lowest BCUT2D eigenvalue weighted by Crippen LogP contribution is -2.43. The van der Waals surface area contributed by atoms with Crippen molar-refractivity contribution in [2.45, 2.75) is 101 Å². The molecule has 0 radical (unpaired) electrons. The fraction of sp³-hybridized carbons (Fsp3) is 0.474. The van der Waals surface area contributed by atoms with Crippen LogP contribution in [0.15, 0.2) is 70.7 Å². The number of aliphatic hydroxyl groups excluding tert-OH is 1. The Morgan fingerprint density at radius 3 is 2.52 bits per heavy atom. The Morgan fingerprint density at radius 1 is 1.02 bits per heavy atom. The molecule has 0 fully saturated rings. The van der Waals surface area contributed by atoms with Crippen molar-refractivity contribution in [1.29, 1.82) is 0 Å². The molecule has 5 atom stereocenters. The number of carbonyl (C=O) groups is 4. The first kappa shape index (κ1) is 38.7. The second kappa shape index (κ2) is 18.7. The predicted molar refractivity (Wildman–Crippen MR) is 195 cm³/mol. The number of phenolic OH excluding ortho intramolecular Hbond substituents is 1. The topological polar surface area (TPSA) is 163 Å². The number of fused-ring (bicyclic) bond motifs is 4. The highest BCUT2D eigenvalue weighted by Gasteiger charge is 2.31. The quantitative estimate of drug-likeness (QED) is 0.113. The summed E-state index contributed by atoms with van der Waals surface area (Å²) in [6, 6.07) is 0.684. The Balaban J connectivity index is 1.59. The zero-order chi connectivity index (χ0) is 36.2. The molecule has 270 valence electrons. The number of nitrogens with one attached hydrogen (secondary N) is 3. The number of methoxy groups -OCH3 is 1. The molecule has 3 aliphatic rings. The molecule has 0 aromatic heterocycles. The number of aliphatic hydroxyl groups is 1. The molecule has 1 aromatic rings. The van der Waals surface area contributed by atoms with E-state index in [4.69, 9.17) is 9.47 Å². The normalized spacial score (nSPS) is 27.3. The molecule has 5 N–H and O–H groups in total. The van der Waals surface area contributed by atoms with Crippen molar-refractivity contribution in [2.75, 3.05) is 23.5 Å². The van der Waals surface area contributed by atoms with E-state index in [9.17, 15) is 29.4 Å². The Morgan fingerprint density at radius 2 is 1.78 bits per heavy atom. The minimum Gasteiger partial charge on any atom is -0.505 e. The number of rotatable bonds is 5. The summed E-state index contributed by atoms with van der Waals surface area (Å²) in [7, 11) is 1.50. The van der Waals surface area contributed by atoms with E-state index in [1.54, 1.807) is 50.3 Å². The summed E-state index contributed by atoms with van der Waals surface area (Å²) in [5.74, 6) is -1.80. The van der Waals surface area contributed by atoms with Gasteiger partial charge in [-0.15, -0.1) is 11.8 Å². The second-order valence-electron chi connectivity index (χ2n) is 12.9. The van der Waals surface area contributed by atoms with E-state index in [1.165, 1.54) is 18.9 Å². The molecule has 0 saturated heterocycles. The van der Waals surface area contributed by atoms with Crippen molar-refractivity contribution < 1.29 is 38.9 Å². The predicted octanol–water partition coefficient (Wildman–Crippen LogP) is 5.65. The highest BCUT2D eigenvalue weighted by Crippen LogP contribution is 2.44. The molecule has 0 spiro atoms. The van der Waals surface area contributed by atoms with Gasteiger partial charge in [-0.1, -0.05) is 55.5 Å². The number of carbonyl (C=O) groups excluding carboxylic acids is 4. The van der Waals surface area contributed by atoms with Crippen molar-refractivity contribution in [3.05, 3.63) is 71.4 Å². The summed E-state index contributed by atoms with van der Waals surface area (Å²) in [5, 5.41) is 31.1. The van der Waals surface area contributed by atoms with E-state index < -0.39 is 36.2 Å². The van der Waals surface area contributed by atoms with Gasteiger partial charge in [0.25, 0.3) is 0 Å². The van der Waals surface area contributed by atoms with Crippen LogP contribution in [0.25, 0.3) is 0 Å². The largest absolute Gasteiger partial charge is 0.505 e. The minimum absolute atomic E-state index is 0.00905. The monoisotopic (exact) mass is 707 g/mol. The van der Waals surface area contributed by atoms with Crippen LogP contribution >= 0.6 is 11.8 Å². The number of hydrogen-bond donors (Lipinski definition) is 5. The minimum atomic E-state index is -0.959. The first-order valence-corrected chi connectivity index (χ1v) is 18.2. The highest BCUT2D eigenvalue weighted by molar-refractivity contribution is 8.00. The Bertz CT molecular complexity index is 1580. The molecule has 2 bridgehead atoms. The van der Waals surface area contributed by atoms with E-state index in [-0.39, 0.29) is 41.3 Å². The van der Waals surface area contributed by atoms with Crippen molar-refractivity contribution >= 4 is 46.8 Å². The van der Waals surface area contributed by atoms with Gasteiger partial charge in [-0.2, -0.15) is 0 Å². The number of esters is 1. The molecule has 3 amide bonds. The molecule has 1 aliphatic carbocycles. The maximum atomic E-state index is 13.2. The summed E-state index contributed by atoms with van der Waals surface area (Å²) in [6.45, 7) is 5.21. The van der Waals surface area contributed by atoms with Crippen LogP contribution < -0.4 is 16.0 Å². The van der Waals surface area contributed by atoms with Gasteiger partial charge in [-0.25, -0.2) is 4.79 Å². The van der Waals surface area contributed by atoms with E-state index in [0.717, 1.165) is 24.2 Å². The lowest BCUT2D eigenvalue weighted by Gasteiger charge is -2.29. The second-order valence-corrected chi connectivity index (χ2v) is 13.8. The number of hydrogen-bond acceptors (Lipinski definition) is 9. The summed E-state index contributed by atoms with van der Waals surface area (Å²) < 4.78 is 11.4. The molecule has 0 unspecified atom stereocenters. The number of ether oxygens (including phenoxy) is 2. The van der Waals surface area contributed by atoms with Crippen LogP contribution in [0.2, 0.25) is 0 Å². The summed E-state index contributed by atoms with van der Waals surface area (Å²) >= 11 is 1.32. The number of phenols is 1. The van der Waals surface area contributed by atoms with Crippen LogP contribution in [0.5, 0.6) is 5.75 Å². The maximum absolute atomic E-state index is 13.2. The Hall–Kier alpha value is -4.13. The molecule has 12 heteroatoms. The molecular formula is C38H49N3O8S. The zero-order valence-corrected chi connectivity index (χ0v) is 30.0. The molecule has 2 heterocycles. The van der Waals surface area contributed by atoms with Crippen LogP contribution in [0.3, 0.4) is 0 Å². The van der Waals surface area contributed by atoms with Crippen molar-refractivity contribution in [3.8, 4) is 5.75 Å². The molecule has 11 nitrogen and oxygen atoms in total. The van der Waals surface area contributed by atoms with Gasteiger partial charge in [-0.05, 0) is 64.0 Å². The van der Waals surface area contributed by atoms with Gasteiger partial charge < -0.3 is 35.6 Å². The number of benzene rings is 1. The van der Waals surface area contributed by atoms with Crippen molar-refractivity contribution in [2.24, 2.45) is 5.92 Å². The third-order valence-corrected chi connectivity index (χ3v) is 10.2. The van der Waals surface area contributed by atoms with Gasteiger partial charge >= 0.3 is 5.97 Å². The average Bonchev–Trinajstić information content (AvgIpc) is 3.10. The molecule has 0 saturated carbocycles. The van der Waals surface area contributed by atoms with Gasteiger partial charge in [0, 0.05) is 35.5 Å². The lowest BCUT2D eigenvalue weighted by atomic mass is 9.90. The smallest absolute Gasteiger partial charge is 0.328 e. The van der Waals surface area contributed by atoms with Crippen molar-refractivity contribution in [1.82, 2.24) is 5.32 Å². The molecular weight excluding hydrogens is 658 g/mol. The van der Waals surface area contributed by atoms with E-state index in [0.29, 0.717) is 48.1 Å². The standard InChI is InChI=1S/C38H49N3O8S/c1-23-14-13-18-28-35(45)29(21-30-36(28)50-22-33(43)41-30)40-32(42)20-27(48-4)17-11-6-5-7-12-19-31(24(2)34(23)44)49-38(47)25(3)39-37(46)26-15-9-8-10-16-26/h5-7,11-12,14-15,17,21,24-25,27,31,34,44-45H,8-10,13,16,18-20,22H2,1-4H3,(H,39,46)(H,40,42)(H,41,43)/b6-5-,12-7-,17-11-,23-14-/t24-,25-,27+,31-,34-/m1/s1. The summed E-state index contributed by atoms with van der Waals surface area (Å²) in [6.07, 6.45) is 16.9. The van der Waals surface area contributed by atoms with Gasteiger partial charge in [0.05, 0.1) is 35.8 Å². The number of allylic oxidation sites excluding steroid dienone is 6. The van der Waals surface area contributed by atoms with Crippen LogP contribution in [0, 0.1) is 5.92 Å². The highest BCUT2D eigenvalue weighted by atomic mass is 32.2. The molecule has 2 aliphatic heterocycles. The molecule has 50 heavy (non-hydrogen) atoms. The molecule has 1 aromatic carbocycles. The Kier molecular flexibility index (Phi) is 14.5. The van der Waals surface area contributed by atoms with Crippen LogP contribution in [-0.2, 0) is 35.1 Å². The van der Waals surface area contributed by atoms with Gasteiger partial charge in [0.1, 0.15) is 17.9 Å². The Labute approximate surface area is 298 Å². The van der Waals surface area contributed by atoms with Crippen LogP contribution in [0.1, 0.15) is 71.3 Å². The number of thioether (sulfide) groups is 1. The van der Waals surface area contributed by atoms with E-state index in [1.807, 2.05) is 25.2 Å². The van der Waals surface area contributed by atoms with Gasteiger partial charge in [0.2, 0.25) is 17.7 Å². The number of aromatic hydroxyl groups is 1. The first-order chi connectivity index (χ1) is 24.0. The SMILES string of the molecule is CO[C@H]1\C=C/C=C\C=C/C[C@@H](OC(=O)[C@@H](C)NC(=O)C2=CCCCC2)[C@@H](C)[C@H](O)/C(C)=C\CCc2c(O)c(cc3c2SCC(=O)N3)NC(=O)C1. The van der Waals surface area contributed by atoms with Gasteiger partial charge in [0.15, 0.2) is 0 Å². The summed E-state index contributed by atoms with van der Waals surface area (Å²) in [5.41, 5.74) is 2.61. The first-order valence-electron chi connectivity index (χ1n) is 17.2. The zero-order valence-electron chi connectivity index (χ0n) is 29.2. The fourth-order valence-corrected chi connectivity index (χ4v) is 7.02.